The highest BCUT2D eigenvalue weighted by molar-refractivity contribution is 5.29. The van der Waals surface area contributed by atoms with Crippen molar-refractivity contribution in [3.8, 4) is 5.75 Å². The third kappa shape index (κ3) is 3.20. The smallest absolute Gasteiger partial charge is 0.119 e. The third-order valence-corrected chi connectivity index (χ3v) is 2.49. The SMILES string of the molecule is CCOc1ccc(C(NC)C(O)CN)cc1. The Morgan fingerprint density at radius 3 is 2.44 bits per heavy atom. The molecule has 1 aromatic rings. The maximum absolute atomic E-state index is 9.73. The van der Waals surface area contributed by atoms with Crippen molar-refractivity contribution >= 4 is 0 Å². The molecule has 0 radical (unpaired) electrons. The zero-order valence-corrected chi connectivity index (χ0v) is 9.81. The first-order valence-electron chi connectivity index (χ1n) is 5.51. The first kappa shape index (κ1) is 13.0. The van der Waals surface area contributed by atoms with E-state index in [4.69, 9.17) is 10.5 Å². The summed E-state index contributed by atoms with van der Waals surface area (Å²) in [5, 5.41) is 12.8. The van der Waals surface area contributed by atoms with Gasteiger partial charge < -0.3 is 20.9 Å². The predicted octanol–water partition coefficient (Wildman–Crippen LogP) is 0.665. The van der Waals surface area contributed by atoms with Crippen molar-refractivity contribution < 1.29 is 9.84 Å². The molecule has 16 heavy (non-hydrogen) atoms. The van der Waals surface area contributed by atoms with Crippen molar-refractivity contribution in [2.24, 2.45) is 5.73 Å². The Bertz CT molecular complexity index is 300. The van der Waals surface area contributed by atoms with E-state index >= 15 is 0 Å². The van der Waals surface area contributed by atoms with Gasteiger partial charge in [-0.3, -0.25) is 0 Å². The fourth-order valence-corrected chi connectivity index (χ4v) is 1.66. The maximum Gasteiger partial charge on any atom is 0.119 e. The molecule has 2 unspecified atom stereocenters. The van der Waals surface area contributed by atoms with Crippen LogP contribution in [0.2, 0.25) is 0 Å². The van der Waals surface area contributed by atoms with Crippen LogP contribution in [0.25, 0.3) is 0 Å². The Morgan fingerprint density at radius 1 is 1.38 bits per heavy atom. The maximum atomic E-state index is 9.73. The number of aliphatic hydroxyl groups excluding tert-OH is 1. The van der Waals surface area contributed by atoms with Gasteiger partial charge in [-0.25, -0.2) is 0 Å². The zero-order valence-electron chi connectivity index (χ0n) is 9.81. The lowest BCUT2D eigenvalue weighted by atomic mass is 10.0. The van der Waals surface area contributed by atoms with E-state index in [2.05, 4.69) is 5.32 Å². The summed E-state index contributed by atoms with van der Waals surface area (Å²) in [4.78, 5) is 0. The lowest BCUT2D eigenvalue weighted by molar-refractivity contribution is 0.139. The lowest BCUT2D eigenvalue weighted by Crippen LogP contribution is -2.34. The number of nitrogens with two attached hydrogens (primary N) is 1. The van der Waals surface area contributed by atoms with Crippen LogP contribution in [-0.2, 0) is 0 Å². The van der Waals surface area contributed by atoms with Gasteiger partial charge in [0, 0.05) is 6.54 Å². The third-order valence-electron chi connectivity index (χ3n) is 2.49. The first-order valence-corrected chi connectivity index (χ1v) is 5.51. The van der Waals surface area contributed by atoms with E-state index in [0.717, 1.165) is 11.3 Å². The number of rotatable bonds is 6. The Morgan fingerprint density at radius 2 is 2.00 bits per heavy atom. The molecular formula is C12H20N2O2. The average Bonchev–Trinajstić information content (AvgIpc) is 2.32. The number of hydrogen-bond donors (Lipinski definition) is 3. The molecule has 0 saturated carbocycles. The van der Waals surface area contributed by atoms with Gasteiger partial charge >= 0.3 is 0 Å². The number of hydrogen-bond acceptors (Lipinski definition) is 4. The van der Waals surface area contributed by atoms with Crippen LogP contribution in [0.4, 0.5) is 0 Å². The van der Waals surface area contributed by atoms with Crippen molar-refractivity contribution in [1.29, 1.82) is 0 Å². The highest BCUT2D eigenvalue weighted by Gasteiger charge is 2.17. The van der Waals surface area contributed by atoms with Gasteiger partial charge in [-0.2, -0.15) is 0 Å². The molecule has 0 spiro atoms. The van der Waals surface area contributed by atoms with Crippen molar-refractivity contribution in [2.75, 3.05) is 20.2 Å². The summed E-state index contributed by atoms with van der Waals surface area (Å²) in [7, 11) is 1.81. The Kier molecular flexibility index (Phi) is 5.25. The lowest BCUT2D eigenvalue weighted by Gasteiger charge is -2.21. The van der Waals surface area contributed by atoms with E-state index in [1.807, 2.05) is 31.2 Å². The summed E-state index contributed by atoms with van der Waals surface area (Å²) < 4.78 is 5.35. The number of benzene rings is 1. The molecule has 0 saturated heterocycles. The molecule has 0 heterocycles. The Balaban J connectivity index is 2.78. The van der Waals surface area contributed by atoms with Crippen LogP contribution in [0.1, 0.15) is 18.5 Å². The molecule has 0 fully saturated rings. The molecule has 90 valence electrons. The molecule has 4 N–H and O–H groups in total. The molecule has 4 heteroatoms. The molecule has 2 atom stereocenters. The van der Waals surface area contributed by atoms with Gasteiger partial charge in [0.1, 0.15) is 5.75 Å². The minimum atomic E-state index is -0.581. The zero-order chi connectivity index (χ0) is 12.0. The second-order valence-corrected chi connectivity index (χ2v) is 3.57. The van der Waals surface area contributed by atoms with Crippen molar-refractivity contribution in [2.45, 2.75) is 19.1 Å². The van der Waals surface area contributed by atoms with Gasteiger partial charge in [0.05, 0.1) is 18.8 Å². The first-order chi connectivity index (χ1) is 7.72. The van der Waals surface area contributed by atoms with Gasteiger partial charge in [0.25, 0.3) is 0 Å². The van der Waals surface area contributed by atoms with E-state index in [-0.39, 0.29) is 12.6 Å². The summed E-state index contributed by atoms with van der Waals surface area (Å²) in [5.41, 5.74) is 6.45. The Labute approximate surface area is 96.4 Å². The molecule has 0 aliphatic heterocycles. The highest BCUT2D eigenvalue weighted by atomic mass is 16.5. The minimum Gasteiger partial charge on any atom is -0.494 e. The largest absolute Gasteiger partial charge is 0.494 e. The van der Waals surface area contributed by atoms with Crippen molar-refractivity contribution in [1.82, 2.24) is 5.32 Å². The predicted molar refractivity (Wildman–Crippen MR) is 64.5 cm³/mol. The van der Waals surface area contributed by atoms with Crippen LogP contribution in [0.5, 0.6) is 5.75 Å². The fourth-order valence-electron chi connectivity index (χ4n) is 1.66. The monoisotopic (exact) mass is 224 g/mol. The van der Waals surface area contributed by atoms with E-state index in [1.54, 1.807) is 7.05 Å². The van der Waals surface area contributed by atoms with Crippen molar-refractivity contribution in [3.05, 3.63) is 29.8 Å². The number of aliphatic hydroxyl groups is 1. The van der Waals surface area contributed by atoms with Gasteiger partial charge in [-0.05, 0) is 31.7 Å². The van der Waals surface area contributed by atoms with Gasteiger partial charge in [-0.15, -0.1) is 0 Å². The second kappa shape index (κ2) is 6.48. The van der Waals surface area contributed by atoms with Crippen LogP contribution < -0.4 is 15.8 Å². The Hall–Kier alpha value is -1.10. The van der Waals surface area contributed by atoms with Crippen molar-refractivity contribution in [3.63, 3.8) is 0 Å². The molecule has 0 amide bonds. The van der Waals surface area contributed by atoms with Gasteiger partial charge in [-0.1, -0.05) is 12.1 Å². The fraction of sp³-hybridized carbons (Fsp3) is 0.500. The molecule has 1 rings (SSSR count). The van der Waals surface area contributed by atoms with E-state index < -0.39 is 6.10 Å². The molecule has 0 aliphatic carbocycles. The van der Waals surface area contributed by atoms with E-state index in [0.29, 0.717) is 6.61 Å². The average molecular weight is 224 g/mol. The summed E-state index contributed by atoms with van der Waals surface area (Å²) in [5.74, 6) is 0.836. The normalized spacial score (nSPS) is 14.5. The molecule has 0 aromatic heterocycles. The minimum absolute atomic E-state index is 0.138. The summed E-state index contributed by atoms with van der Waals surface area (Å²) in [6.45, 7) is 2.83. The topological polar surface area (TPSA) is 67.5 Å². The molecule has 0 aliphatic rings. The number of likely N-dealkylation sites (N-methyl/N-ethyl adjacent to an activating group) is 1. The standard InChI is InChI=1S/C12H20N2O2/c1-3-16-10-6-4-9(5-7-10)12(14-2)11(15)8-13/h4-7,11-12,14-15H,3,8,13H2,1-2H3. The second-order valence-electron chi connectivity index (χ2n) is 3.57. The van der Waals surface area contributed by atoms with E-state index in [1.165, 1.54) is 0 Å². The molecule has 1 aromatic carbocycles. The van der Waals surface area contributed by atoms with E-state index in [9.17, 15) is 5.11 Å². The highest BCUT2D eigenvalue weighted by Crippen LogP contribution is 2.19. The van der Waals surface area contributed by atoms with Crippen LogP contribution in [0.3, 0.4) is 0 Å². The summed E-state index contributed by atoms with van der Waals surface area (Å²) >= 11 is 0. The summed E-state index contributed by atoms with van der Waals surface area (Å²) in [6, 6.07) is 7.52. The molecule has 0 bridgehead atoms. The van der Waals surface area contributed by atoms with Crippen LogP contribution >= 0.6 is 0 Å². The van der Waals surface area contributed by atoms with Gasteiger partial charge in [0.15, 0.2) is 0 Å². The number of ether oxygens (including phenoxy) is 1. The summed E-state index contributed by atoms with van der Waals surface area (Å²) in [6.07, 6.45) is -0.581. The molecule has 4 nitrogen and oxygen atoms in total. The molecular weight excluding hydrogens is 204 g/mol. The van der Waals surface area contributed by atoms with Crippen LogP contribution in [0.15, 0.2) is 24.3 Å². The van der Waals surface area contributed by atoms with Gasteiger partial charge in [0.2, 0.25) is 0 Å². The van der Waals surface area contributed by atoms with Crippen LogP contribution in [-0.4, -0.2) is 31.4 Å². The number of nitrogens with one attached hydrogen (secondary N) is 1. The van der Waals surface area contributed by atoms with Crippen LogP contribution in [0, 0.1) is 0 Å². The quantitative estimate of drug-likeness (QED) is 0.664.